The van der Waals surface area contributed by atoms with Crippen LogP contribution in [0.3, 0.4) is 0 Å². The van der Waals surface area contributed by atoms with Crippen LogP contribution in [0.15, 0.2) is 485 Å². The first-order valence-electron chi connectivity index (χ1n) is 52.0. The predicted octanol–water partition coefficient (Wildman–Crippen LogP) is 37.0. The van der Waals surface area contributed by atoms with Gasteiger partial charge in [0, 0.05) is 118 Å². The Hall–Kier alpha value is -18.0. The summed E-state index contributed by atoms with van der Waals surface area (Å²) in [6, 6.07) is 138. The van der Waals surface area contributed by atoms with Crippen LogP contribution in [-0.2, 0) is 16.2 Å². The van der Waals surface area contributed by atoms with Crippen LogP contribution in [-0.4, -0.2) is 0 Å². The van der Waals surface area contributed by atoms with Crippen LogP contribution in [0.25, 0.3) is 70.5 Å². The van der Waals surface area contributed by atoms with E-state index in [0.717, 1.165) is 112 Å². The Morgan fingerprint density at radius 3 is 0.830 bits per heavy atom. The Morgan fingerprint density at radius 2 is 0.489 bits per heavy atom. The van der Waals surface area contributed by atoms with Crippen molar-refractivity contribution in [3.8, 4) is 39.4 Å². The maximum Gasteiger partial charge on any atom is 0.189 e. The monoisotopic (exact) mass is 1830 g/mol. The van der Waals surface area contributed by atoms with E-state index in [1.165, 1.54) is 79.5 Å². The van der Waals surface area contributed by atoms with Crippen molar-refractivity contribution in [3.05, 3.63) is 547 Å². The van der Waals surface area contributed by atoms with Crippen molar-refractivity contribution in [1.82, 2.24) is 0 Å². The van der Waals surface area contributed by atoms with E-state index >= 15 is 0 Å². The number of hydrogen-bond donors (Lipinski definition) is 0. The maximum absolute atomic E-state index is 14.1. The summed E-state index contributed by atoms with van der Waals surface area (Å²) in [6.07, 6.45) is 0. The molecule has 0 atom stereocenters. The normalized spacial score (nSPS) is 13.7. The molecule has 676 valence electrons. The summed E-state index contributed by atoms with van der Waals surface area (Å²) < 4.78 is 114. The van der Waals surface area contributed by atoms with Crippen molar-refractivity contribution < 1.29 is 22.5 Å². The fourth-order valence-corrected chi connectivity index (χ4v) is 20.9. The minimum Gasteiger partial charge on any atom is -0.311 e. The zero-order valence-corrected chi connectivity index (χ0v) is 78.2. The highest BCUT2D eigenvalue weighted by atomic mass is 19.1. The maximum atomic E-state index is 14.1. The number of halogens is 2. The number of nitriles is 1. The minimum absolute atomic E-state index is 0.0371. The van der Waals surface area contributed by atoms with Crippen molar-refractivity contribution in [2.24, 2.45) is 0 Å². The number of fused-ring (bicyclic) bond motifs is 15. The number of hydrogen-bond acceptors (Lipinski definition) is 7. The van der Waals surface area contributed by atoms with Crippen molar-refractivity contribution >= 4 is 140 Å². The average molecular weight is 1830 g/mol. The second kappa shape index (κ2) is 36.9. The van der Waals surface area contributed by atoms with Gasteiger partial charge in [0.2, 0.25) is 0 Å². The number of nitrogens with zero attached hydrogens (tertiary/aromatic N) is 8. The lowest BCUT2D eigenvalue weighted by Gasteiger charge is -2.30. The number of benzene rings is 21. The first kappa shape index (κ1) is 77.2. The summed E-state index contributed by atoms with van der Waals surface area (Å²) in [5.41, 5.74) is 28.1. The number of anilines is 18. The van der Waals surface area contributed by atoms with E-state index in [4.69, 9.17) is 20.3 Å². The molecule has 0 aromatic heterocycles. The third-order valence-electron chi connectivity index (χ3n) is 27.6. The van der Waals surface area contributed by atoms with Gasteiger partial charge in [0.1, 0.15) is 11.6 Å². The SMILES string of the molecule is CC1(C)c2cc(N(c3ccccc3)c3ccc(F)cc3)ccc2-c2c1cc(N(c1ccccc1)c1ccc(F)cc1)c1ccccc21.[2H]c1c([2H])c([2H])c(N(c2ccccc2)c2ccc3c(c2)C(C)(C)c2cc(N(c4ccccc4)c4c([2H])c([2H])c([2H])c([2H])c4[2H])c4ccccc4c2-3)c([2H])c1[2H].[C-]#[N+]c1cccc(N(c2ccccc2)c2cc3c(c4ccccc24)-c2ccc(N(c4ccccc4)c4cccc(C#N)c4)cc2C3(C)C)c1. The molecule has 0 saturated carbocycles. The second-order valence-electron chi connectivity index (χ2n) is 36.9. The van der Waals surface area contributed by atoms with Gasteiger partial charge in [-0.25, -0.2) is 13.6 Å². The highest BCUT2D eigenvalue weighted by Gasteiger charge is 2.43. The molecule has 3 aliphatic rings. The molecule has 8 nitrogen and oxygen atoms in total. The summed E-state index contributed by atoms with van der Waals surface area (Å²) >= 11 is 0. The minimum atomic E-state index is -0.649. The van der Waals surface area contributed by atoms with E-state index in [1.54, 1.807) is 9.80 Å². The lowest BCUT2D eigenvalue weighted by molar-refractivity contribution is 0.627. The van der Waals surface area contributed by atoms with E-state index in [1.807, 2.05) is 224 Å². The topological polar surface area (TPSA) is 47.6 Å². The van der Waals surface area contributed by atoms with E-state index in [0.29, 0.717) is 34.0 Å². The highest BCUT2D eigenvalue weighted by Crippen LogP contribution is 2.61. The van der Waals surface area contributed by atoms with Gasteiger partial charge in [-0.2, -0.15) is 5.26 Å². The van der Waals surface area contributed by atoms with E-state index in [-0.39, 0.29) is 58.0 Å². The standard InChI is InChI=1S/C45H32N4.C43H32F2N2.C43H34N2/c1-45(2)41-28-37(48(33-16-6-4-7-17-33)35-20-12-14-31(26-35)30-46)24-25-40(41)44-39-23-11-10-22-38(39)43(29-42(44)45)49(34-18-8-5-9-19-34)36-21-13-15-32(27-36)47-3;1-43(2)39-27-35(46(31-11-5-3-6-12-31)33-21-17-29(44)18-22-33)25-26-38(39)42-37-16-10-9-15-36(37)41(28-40(42)43)47(32-13-7-4-8-14-32)34-23-19-30(45)20-24-34;1-43(2)39-29-35(44(31-17-7-3-8-18-31)32-19-9-4-10-20-32)27-28-38(39)42-37-26-16-15-25-36(37)41(30-40(42)43)45(33-21-11-5-12-22-33)34-23-13-6-14-24-34/h4-29H,1-2H3;3-28H,1-2H3;3-30H,1-2H3/i;;3D,5D,7D,8D,11D,12D,17D,18D,21D,22D. The summed E-state index contributed by atoms with van der Waals surface area (Å²) in [5.74, 6) is -0.529. The molecule has 0 amide bonds. The molecular formula is C131H98F2N8. The Balaban J connectivity index is 0.000000128. The third kappa shape index (κ3) is 16.1. The van der Waals surface area contributed by atoms with Crippen molar-refractivity contribution in [2.45, 2.75) is 57.8 Å². The Morgan fingerprint density at radius 1 is 0.241 bits per heavy atom. The quantitative estimate of drug-likeness (QED) is 0.0794. The molecule has 3 aliphatic carbocycles. The molecule has 0 N–H and O–H groups in total. The molecule has 24 rings (SSSR count). The van der Waals surface area contributed by atoms with E-state index < -0.39 is 41.7 Å². The van der Waals surface area contributed by atoms with Gasteiger partial charge in [0.25, 0.3) is 0 Å². The first-order valence-corrected chi connectivity index (χ1v) is 47.0. The van der Waals surface area contributed by atoms with Gasteiger partial charge in [-0.05, 0) is 313 Å². The molecule has 10 heteroatoms. The third-order valence-corrected chi connectivity index (χ3v) is 27.6. The first-order chi connectivity index (χ1) is 73.1. The van der Waals surface area contributed by atoms with Crippen LogP contribution in [0.1, 0.15) is 94.2 Å². The number of para-hydroxylation sites is 8. The largest absolute Gasteiger partial charge is 0.311 e. The van der Waals surface area contributed by atoms with Crippen LogP contribution in [0.2, 0.25) is 0 Å². The molecule has 0 saturated heterocycles. The van der Waals surface area contributed by atoms with Crippen LogP contribution >= 0.6 is 0 Å². The van der Waals surface area contributed by atoms with E-state index in [2.05, 4.69) is 248 Å². The molecule has 0 unspecified atom stereocenters. The van der Waals surface area contributed by atoms with Crippen LogP contribution in [0.4, 0.5) is 117 Å². The molecule has 0 aliphatic heterocycles. The van der Waals surface area contributed by atoms with E-state index in [9.17, 15) is 14.0 Å². The smallest absolute Gasteiger partial charge is 0.189 e. The Bertz CT molecular complexity index is 8990. The zero-order valence-electron chi connectivity index (χ0n) is 88.2. The predicted molar refractivity (Wildman–Crippen MR) is 584 cm³/mol. The van der Waals surface area contributed by atoms with Gasteiger partial charge in [-0.15, -0.1) is 0 Å². The molecule has 0 bridgehead atoms. The summed E-state index contributed by atoms with van der Waals surface area (Å²) in [5, 5.41) is 16.1. The molecule has 21 aromatic rings. The van der Waals surface area contributed by atoms with Gasteiger partial charge in [-0.3, -0.25) is 0 Å². The van der Waals surface area contributed by atoms with Gasteiger partial charge in [0.15, 0.2) is 5.69 Å². The van der Waals surface area contributed by atoms with Crippen molar-refractivity contribution in [3.63, 3.8) is 0 Å². The van der Waals surface area contributed by atoms with Crippen molar-refractivity contribution in [2.75, 3.05) is 29.4 Å². The lowest BCUT2D eigenvalue weighted by Crippen LogP contribution is -2.18. The zero-order chi connectivity index (χ0) is 105. The second-order valence-corrected chi connectivity index (χ2v) is 36.9. The molecule has 0 radical (unpaired) electrons. The van der Waals surface area contributed by atoms with Gasteiger partial charge >= 0.3 is 0 Å². The van der Waals surface area contributed by atoms with Gasteiger partial charge in [-0.1, -0.05) is 296 Å². The molecule has 0 heterocycles. The number of rotatable bonds is 18. The van der Waals surface area contributed by atoms with Gasteiger partial charge < -0.3 is 29.4 Å². The fraction of sp³-hybridized carbons (Fsp3) is 0.0687. The summed E-state index contributed by atoms with van der Waals surface area (Å²) in [7, 11) is 0. The Kier molecular flexibility index (Phi) is 20.2. The molecule has 0 fully saturated rings. The fourth-order valence-electron chi connectivity index (χ4n) is 20.9. The Labute approximate surface area is 836 Å². The summed E-state index contributed by atoms with van der Waals surface area (Å²) in [4.78, 5) is 16.1. The molecule has 21 aromatic carbocycles. The van der Waals surface area contributed by atoms with Crippen LogP contribution in [0, 0.1) is 29.5 Å². The molecular weight excluding hydrogens is 1720 g/mol. The van der Waals surface area contributed by atoms with Crippen molar-refractivity contribution in [1.29, 1.82) is 5.26 Å². The lowest BCUT2D eigenvalue weighted by atomic mass is 9.81. The van der Waals surface area contributed by atoms with Crippen LogP contribution in [0.5, 0.6) is 0 Å². The van der Waals surface area contributed by atoms with Gasteiger partial charge in [0.05, 0.1) is 49.0 Å². The van der Waals surface area contributed by atoms with Crippen LogP contribution < -0.4 is 29.4 Å². The molecule has 0 spiro atoms. The highest BCUT2D eigenvalue weighted by molar-refractivity contribution is 6.14. The summed E-state index contributed by atoms with van der Waals surface area (Å²) in [6.45, 7) is 21.1. The molecule has 141 heavy (non-hydrogen) atoms. The average Bonchev–Trinajstić information content (AvgIpc) is 1.56.